The Morgan fingerprint density at radius 1 is 1.45 bits per heavy atom. The molecule has 1 aliphatic heterocycles. The van der Waals surface area contributed by atoms with E-state index in [0.717, 1.165) is 0 Å². The van der Waals surface area contributed by atoms with Crippen LogP contribution in [0.2, 0.25) is 0 Å². The van der Waals surface area contributed by atoms with Crippen LogP contribution in [0.5, 0.6) is 0 Å². The SMILES string of the molecule is NC1CCC(N)C([N+](=O)[O-])N1. The Morgan fingerprint density at radius 3 is 2.55 bits per heavy atom. The van der Waals surface area contributed by atoms with Gasteiger partial charge in [-0.3, -0.25) is 10.1 Å². The van der Waals surface area contributed by atoms with Crippen molar-refractivity contribution in [3.05, 3.63) is 10.1 Å². The first-order chi connectivity index (χ1) is 5.11. The van der Waals surface area contributed by atoms with Crippen LogP contribution in [0.15, 0.2) is 0 Å². The summed E-state index contributed by atoms with van der Waals surface area (Å²) in [4.78, 5) is 9.89. The molecule has 0 aliphatic carbocycles. The smallest absolute Gasteiger partial charge is 0.282 e. The first-order valence-electron chi connectivity index (χ1n) is 3.52. The van der Waals surface area contributed by atoms with Crippen LogP contribution < -0.4 is 16.8 Å². The minimum absolute atomic E-state index is 0.287. The van der Waals surface area contributed by atoms with Crippen molar-refractivity contribution in [2.45, 2.75) is 31.2 Å². The van der Waals surface area contributed by atoms with Crippen LogP contribution in [0.1, 0.15) is 12.8 Å². The molecule has 0 aromatic rings. The monoisotopic (exact) mass is 160 g/mol. The predicted octanol–water partition coefficient (Wildman–Crippen LogP) is -1.42. The summed E-state index contributed by atoms with van der Waals surface area (Å²) in [6.07, 6.45) is 0.148. The van der Waals surface area contributed by atoms with E-state index in [1.165, 1.54) is 0 Å². The van der Waals surface area contributed by atoms with Crippen LogP contribution in [0.4, 0.5) is 0 Å². The lowest BCUT2D eigenvalue weighted by molar-refractivity contribution is -0.536. The summed E-state index contributed by atoms with van der Waals surface area (Å²) < 4.78 is 0. The van der Waals surface area contributed by atoms with Gasteiger partial charge in [0, 0.05) is 4.92 Å². The topological polar surface area (TPSA) is 107 Å². The van der Waals surface area contributed by atoms with Gasteiger partial charge in [0.25, 0.3) is 6.17 Å². The van der Waals surface area contributed by atoms with E-state index in [9.17, 15) is 10.1 Å². The van der Waals surface area contributed by atoms with Gasteiger partial charge in [0.05, 0.1) is 12.2 Å². The van der Waals surface area contributed by atoms with Crippen molar-refractivity contribution < 1.29 is 4.92 Å². The van der Waals surface area contributed by atoms with Crippen molar-refractivity contribution in [1.29, 1.82) is 0 Å². The summed E-state index contributed by atoms with van der Waals surface area (Å²) in [6, 6.07) is -0.412. The highest BCUT2D eigenvalue weighted by Gasteiger charge is 2.33. The van der Waals surface area contributed by atoms with Crippen molar-refractivity contribution in [2.24, 2.45) is 11.5 Å². The summed E-state index contributed by atoms with van der Waals surface area (Å²) in [7, 11) is 0. The van der Waals surface area contributed by atoms with Crippen molar-refractivity contribution in [1.82, 2.24) is 5.32 Å². The maximum absolute atomic E-state index is 10.3. The van der Waals surface area contributed by atoms with Crippen molar-refractivity contribution in [2.75, 3.05) is 0 Å². The number of nitro groups is 1. The minimum Gasteiger partial charge on any atom is -0.321 e. The predicted molar refractivity (Wildman–Crippen MR) is 39.1 cm³/mol. The number of piperidine rings is 1. The minimum atomic E-state index is -0.876. The van der Waals surface area contributed by atoms with Crippen molar-refractivity contribution in [3.63, 3.8) is 0 Å². The van der Waals surface area contributed by atoms with Crippen molar-refractivity contribution >= 4 is 0 Å². The lowest BCUT2D eigenvalue weighted by Gasteiger charge is -2.27. The molecule has 1 rings (SSSR count). The number of nitrogens with two attached hydrogens (primary N) is 2. The second kappa shape index (κ2) is 3.12. The Labute approximate surface area is 64.1 Å². The molecule has 0 aromatic heterocycles. The van der Waals surface area contributed by atoms with E-state index in [2.05, 4.69) is 5.32 Å². The summed E-state index contributed by atoms with van der Waals surface area (Å²) in [5, 5.41) is 12.9. The molecule has 6 nitrogen and oxygen atoms in total. The van der Waals surface area contributed by atoms with Gasteiger partial charge in [0.15, 0.2) is 0 Å². The Kier molecular flexibility index (Phi) is 2.38. The van der Waals surface area contributed by atoms with Crippen LogP contribution in [-0.2, 0) is 0 Å². The number of hydrogen-bond donors (Lipinski definition) is 3. The van der Waals surface area contributed by atoms with Crippen LogP contribution in [-0.4, -0.2) is 23.3 Å². The summed E-state index contributed by atoms with van der Waals surface area (Å²) in [5.74, 6) is 0. The van der Waals surface area contributed by atoms with Gasteiger partial charge in [-0.05, 0) is 12.8 Å². The highest BCUT2D eigenvalue weighted by molar-refractivity contribution is 4.80. The van der Waals surface area contributed by atoms with Gasteiger partial charge in [-0.15, -0.1) is 0 Å². The highest BCUT2D eigenvalue weighted by atomic mass is 16.6. The molecule has 5 N–H and O–H groups in total. The Morgan fingerprint density at radius 2 is 2.09 bits per heavy atom. The van der Waals surface area contributed by atoms with Gasteiger partial charge in [0.1, 0.15) is 0 Å². The normalized spacial score (nSPS) is 38.5. The zero-order chi connectivity index (χ0) is 8.43. The summed E-state index contributed by atoms with van der Waals surface area (Å²) >= 11 is 0. The molecule has 0 saturated carbocycles. The number of hydrogen-bond acceptors (Lipinski definition) is 5. The van der Waals surface area contributed by atoms with Gasteiger partial charge in [-0.2, -0.15) is 0 Å². The molecule has 3 atom stereocenters. The Hall–Kier alpha value is -0.720. The third-order valence-electron chi connectivity index (χ3n) is 1.83. The van der Waals surface area contributed by atoms with E-state index in [1.54, 1.807) is 0 Å². The Bertz CT molecular complexity index is 163. The molecule has 11 heavy (non-hydrogen) atoms. The Balaban J connectivity index is 2.54. The molecule has 6 heteroatoms. The van der Waals surface area contributed by atoms with E-state index in [4.69, 9.17) is 11.5 Å². The summed E-state index contributed by atoms with van der Waals surface area (Å²) in [5.41, 5.74) is 10.9. The number of nitrogens with one attached hydrogen (secondary N) is 1. The van der Waals surface area contributed by atoms with Crippen molar-refractivity contribution in [3.8, 4) is 0 Å². The van der Waals surface area contributed by atoms with Crippen LogP contribution in [0, 0.1) is 10.1 Å². The molecule has 1 saturated heterocycles. The van der Waals surface area contributed by atoms with E-state index >= 15 is 0 Å². The zero-order valence-electron chi connectivity index (χ0n) is 6.06. The molecular formula is C5H12N4O2. The van der Waals surface area contributed by atoms with Gasteiger partial charge in [-0.25, -0.2) is 5.32 Å². The maximum atomic E-state index is 10.3. The molecule has 0 bridgehead atoms. The fraction of sp³-hybridized carbons (Fsp3) is 1.00. The molecule has 0 amide bonds. The second-order valence-corrected chi connectivity index (χ2v) is 2.74. The number of nitrogens with zero attached hydrogens (tertiary/aromatic N) is 1. The molecular weight excluding hydrogens is 148 g/mol. The number of rotatable bonds is 1. The molecule has 1 aliphatic rings. The van der Waals surface area contributed by atoms with Crippen LogP contribution in [0.3, 0.4) is 0 Å². The molecule has 0 aromatic carbocycles. The first kappa shape index (κ1) is 8.38. The van der Waals surface area contributed by atoms with E-state index in [0.29, 0.717) is 12.8 Å². The van der Waals surface area contributed by atoms with Crippen LogP contribution >= 0.6 is 0 Å². The average molecular weight is 160 g/mol. The van der Waals surface area contributed by atoms with Crippen LogP contribution in [0.25, 0.3) is 0 Å². The average Bonchev–Trinajstić information content (AvgIpc) is 1.94. The summed E-state index contributed by atoms with van der Waals surface area (Å²) in [6.45, 7) is 0. The van der Waals surface area contributed by atoms with Gasteiger partial charge in [0.2, 0.25) is 0 Å². The fourth-order valence-electron chi connectivity index (χ4n) is 1.17. The van der Waals surface area contributed by atoms with Gasteiger partial charge < -0.3 is 11.5 Å². The third kappa shape index (κ3) is 1.86. The third-order valence-corrected chi connectivity index (χ3v) is 1.83. The largest absolute Gasteiger partial charge is 0.321 e. The molecule has 3 unspecified atom stereocenters. The fourth-order valence-corrected chi connectivity index (χ4v) is 1.17. The molecule has 64 valence electrons. The zero-order valence-corrected chi connectivity index (χ0v) is 6.06. The van der Waals surface area contributed by atoms with E-state index in [-0.39, 0.29) is 6.17 Å². The lowest BCUT2D eigenvalue weighted by Crippen LogP contribution is -2.60. The standard InChI is InChI=1S/C5H12N4O2/c6-3-1-2-4(7)8-5(3)9(10)11/h3-5,8H,1-2,6-7H2. The lowest BCUT2D eigenvalue weighted by atomic mass is 10.0. The van der Waals surface area contributed by atoms with Gasteiger partial charge in [-0.1, -0.05) is 0 Å². The highest BCUT2D eigenvalue weighted by Crippen LogP contribution is 2.08. The first-order valence-corrected chi connectivity index (χ1v) is 3.52. The van der Waals surface area contributed by atoms with E-state index < -0.39 is 17.1 Å². The maximum Gasteiger partial charge on any atom is 0.282 e. The molecule has 1 fully saturated rings. The van der Waals surface area contributed by atoms with Gasteiger partial charge >= 0.3 is 0 Å². The second-order valence-electron chi connectivity index (χ2n) is 2.74. The quantitative estimate of drug-likeness (QED) is 0.322. The van der Waals surface area contributed by atoms with E-state index in [1.807, 2.05) is 0 Å². The molecule has 0 spiro atoms. The molecule has 0 radical (unpaired) electrons. The molecule has 1 heterocycles.